The Morgan fingerprint density at radius 1 is 1.45 bits per heavy atom. The number of halogens is 1. The van der Waals surface area contributed by atoms with E-state index in [-0.39, 0.29) is 11.4 Å². The summed E-state index contributed by atoms with van der Waals surface area (Å²) in [5, 5.41) is 6.47. The first kappa shape index (κ1) is 14.4. The van der Waals surface area contributed by atoms with E-state index in [4.69, 9.17) is 5.73 Å². The Morgan fingerprint density at radius 2 is 2.15 bits per heavy atom. The Hall–Kier alpha value is -2.00. The van der Waals surface area contributed by atoms with Gasteiger partial charge in [-0.3, -0.25) is 5.10 Å². The van der Waals surface area contributed by atoms with E-state index in [9.17, 15) is 12.8 Å². The number of sulfonamides is 1. The lowest BCUT2D eigenvalue weighted by Gasteiger charge is -2.16. The highest BCUT2D eigenvalue weighted by Crippen LogP contribution is 2.24. The van der Waals surface area contributed by atoms with E-state index in [2.05, 4.69) is 15.2 Å². The number of nitrogens with one attached hydrogen (secondary N) is 1. The van der Waals surface area contributed by atoms with Crippen molar-refractivity contribution in [3.05, 3.63) is 35.7 Å². The maximum absolute atomic E-state index is 13.4. The number of aromatic nitrogens is 3. The van der Waals surface area contributed by atoms with Crippen LogP contribution < -0.4 is 5.73 Å². The summed E-state index contributed by atoms with van der Waals surface area (Å²) in [6, 6.07) is 3.66. The number of nitrogens with two attached hydrogens (primary N) is 1. The maximum Gasteiger partial charge on any atom is 0.245 e. The maximum atomic E-state index is 13.4. The molecule has 0 saturated heterocycles. The van der Waals surface area contributed by atoms with Crippen LogP contribution in [0, 0.1) is 12.7 Å². The van der Waals surface area contributed by atoms with Gasteiger partial charge in [0.1, 0.15) is 16.5 Å². The van der Waals surface area contributed by atoms with Crippen LogP contribution in [0.2, 0.25) is 0 Å². The second-order valence-electron chi connectivity index (χ2n) is 4.25. The standard InChI is InChI=1S/C11H14FN5O2S/c1-7-14-10(16-15-7)6-17(2)20(18,19)9-5-3-4-8(12)11(9)13/h3-5H,6,13H2,1-2H3,(H,14,15,16). The molecule has 0 amide bonds. The van der Waals surface area contributed by atoms with Crippen molar-refractivity contribution >= 4 is 15.7 Å². The molecule has 0 aliphatic carbocycles. The lowest BCUT2D eigenvalue weighted by Crippen LogP contribution is -2.28. The SMILES string of the molecule is Cc1nc(CN(C)S(=O)(=O)c2cccc(F)c2N)n[nH]1. The zero-order valence-corrected chi connectivity index (χ0v) is 11.8. The topological polar surface area (TPSA) is 105 Å². The van der Waals surface area contributed by atoms with E-state index in [1.807, 2.05) is 0 Å². The lowest BCUT2D eigenvalue weighted by molar-refractivity contribution is 0.457. The zero-order chi connectivity index (χ0) is 14.9. The van der Waals surface area contributed by atoms with Crippen LogP contribution in [0.1, 0.15) is 11.6 Å². The van der Waals surface area contributed by atoms with Crippen molar-refractivity contribution in [3.8, 4) is 0 Å². The summed E-state index contributed by atoms with van der Waals surface area (Å²) in [7, 11) is -2.55. The van der Waals surface area contributed by atoms with Gasteiger partial charge in [0.25, 0.3) is 0 Å². The molecule has 2 rings (SSSR count). The Labute approximate surface area is 115 Å². The van der Waals surface area contributed by atoms with Crippen LogP contribution in [0.15, 0.2) is 23.1 Å². The largest absolute Gasteiger partial charge is 0.395 e. The van der Waals surface area contributed by atoms with Gasteiger partial charge in [-0.15, -0.1) is 0 Å². The van der Waals surface area contributed by atoms with E-state index in [1.54, 1.807) is 6.92 Å². The molecule has 0 radical (unpaired) electrons. The fourth-order valence-electron chi connectivity index (χ4n) is 1.65. The number of anilines is 1. The zero-order valence-electron chi connectivity index (χ0n) is 11.0. The van der Waals surface area contributed by atoms with Crippen molar-refractivity contribution in [1.29, 1.82) is 0 Å². The molecule has 3 N–H and O–H groups in total. The van der Waals surface area contributed by atoms with Gasteiger partial charge in [0.2, 0.25) is 10.0 Å². The molecule has 0 spiro atoms. The summed E-state index contributed by atoms with van der Waals surface area (Å²) in [5.41, 5.74) is 5.09. The fraction of sp³-hybridized carbons (Fsp3) is 0.273. The van der Waals surface area contributed by atoms with Gasteiger partial charge in [-0.05, 0) is 19.1 Å². The quantitative estimate of drug-likeness (QED) is 0.807. The molecule has 20 heavy (non-hydrogen) atoms. The van der Waals surface area contributed by atoms with Gasteiger partial charge in [0.05, 0.1) is 12.2 Å². The predicted molar refractivity (Wildman–Crippen MR) is 70.6 cm³/mol. The molecule has 108 valence electrons. The first-order chi connectivity index (χ1) is 9.32. The first-order valence-corrected chi connectivity index (χ1v) is 7.14. The van der Waals surface area contributed by atoms with Crippen LogP contribution in [-0.2, 0) is 16.6 Å². The van der Waals surface area contributed by atoms with Crippen molar-refractivity contribution in [2.45, 2.75) is 18.4 Å². The predicted octanol–water partition coefficient (Wildman–Crippen LogP) is 0.655. The molecule has 7 nitrogen and oxygen atoms in total. The average Bonchev–Trinajstić information content (AvgIpc) is 2.78. The highest BCUT2D eigenvalue weighted by Gasteiger charge is 2.25. The van der Waals surface area contributed by atoms with Gasteiger partial charge in [-0.2, -0.15) is 9.40 Å². The number of nitrogen functional groups attached to an aromatic ring is 1. The van der Waals surface area contributed by atoms with Crippen LogP contribution in [0.25, 0.3) is 0 Å². The number of para-hydroxylation sites is 1. The first-order valence-electron chi connectivity index (χ1n) is 5.70. The number of H-pyrrole nitrogens is 1. The number of aryl methyl sites for hydroxylation is 1. The molecule has 1 aromatic heterocycles. The summed E-state index contributed by atoms with van der Waals surface area (Å²) in [5.74, 6) is 0.132. The van der Waals surface area contributed by atoms with Gasteiger partial charge < -0.3 is 5.73 Å². The average molecular weight is 299 g/mol. The molecule has 0 bridgehead atoms. The molecule has 2 aromatic rings. The molecule has 1 heterocycles. The number of hydrogen-bond donors (Lipinski definition) is 2. The highest BCUT2D eigenvalue weighted by atomic mass is 32.2. The lowest BCUT2D eigenvalue weighted by atomic mass is 10.3. The van der Waals surface area contributed by atoms with Gasteiger partial charge in [0, 0.05) is 7.05 Å². The third-order valence-corrected chi connectivity index (χ3v) is 4.57. The third kappa shape index (κ3) is 2.63. The molecule has 1 aromatic carbocycles. The van der Waals surface area contributed by atoms with Crippen LogP contribution in [-0.4, -0.2) is 35.0 Å². The molecule has 0 unspecified atom stereocenters. The van der Waals surface area contributed by atoms with Crippen molar-refractivity contribution in [1.82, 2.24) is 19.5 Å². The van der Waals surface area contributed by atoms with Crippen molar-refractivity contribution < 1.29 is 12.8 Å². The molecular formula is C11H14FN5O2S. The molecular weight excluding hydrogens is 285 g/mol. The van der Waals surface area contributed by atoms with Crippen molar-refractivity contribution in [2.75, 3.05) is 12.8 Å². The normalized spacial score (nSPS) is 12.0. The third-order valence-electron chi connectivity index (χ3n) is 2.71. The number of aromatic amines is 1. The molecule has 0 aliphatic heterocycles. The Bertz CT molecular complexity index is 728. The van der Waals surface area contributed by atoms with Crippen LogP contribution in [0.4, 0.5) is 10.1 Å². The van der Waals surface area contributed by atoms with E-state index >= 15 is 0 Å². The van der Waals surface area contributed by atoms with Gasteiger partial charge in [-0.1, -0.05) is 6.07 Å². The summed E-state index contributed by atoms with van der Waals surface area (Å²) >= 11 is 0. The molecule has 0 atom stereocenters. The monoisotopic (exact) mass is 299 g/mol. The minimum absolute atomic E-state index is 0.0391. The van der Waals surface area contributed by atoms with Crippen molar-refractivity contribution in [2.24, 2.45) is 0 Å². The summed E-state index contributed by atoms with van der Waals surface area (Å²) < 4.78 is 39.0. The second-order valence-corrected chi connectivity index (χ2v) is 6.26. The minimum Gasteiger partial charge on any atom is -0.395 e. The Morgan fingerprint density at radius 3 is 2.75 bits per heavy atom. The second kappa shape index (κ2) is 5.17. The van der Waals surface area contributed by atoms with E-state index < -0.39 is 21.5 Å². The molecule has 0 saturated carbocycles. The highest BCUT2D eigenvalue weighted by molar-refractivity contribution is 7.89. The van der Waals surface area contributed by atoms with E-state index in [0.717, 1.165) is 10.4 Å². The van der Waals surface area contributed by atoms with E-state index in [0.29, 0.717) is 11.6 Å². The van der Waals surface area contributed by atoms with Gasteiger partial charge in [-0.25, -0.2) is 17.8 Å². The summed E-state index contributed by atoms with van der Waals surface area (Å²) in [4.78, 5) is 3.75. The van der Waals surface area contributed by atoms with Crippen molar-refractivity contribution in [3.63, 3.8) is 0 Å². The van der Waals surface area contributed by atoms with Gasteiger partial charge >= 0.3 is 0 Å². The van der Waals surface area contributed by atoms with Crippen LogP contribution in [0.3, 0.4) is 0 Å². The Kier molecular flexibility index (Phi) is 3.73. The minimum atomic E-state index is -3.91. The Balaban J connectivity index is 2.32. The van der Waals surface area contributed by atoms with E-state index in [1.165, 1.54) is 19.2 Å². The molecule has 0 fully saturated rings. The van der Waals surface area contributed by atoms with Gasteiger partial charge in [0.15, 0.2) is 5.82 Å². The van der Waals surface area contributed by atoms with Crippen LogP contribution >= 0.6 is 0 Å². The summed E-state index contributed by atoms with van der Waals surface area (Å²) in [6.45, 7) is 1.66. The summed E-state index contributed by atoms with van der Waals surface area (Å²) in [6.07, 6.45) is 0. The number of nitrogens with zero attached hydrogens (tertiary/aromatic N) is 3. The van der Waals surface area contributed by atoms with Crippen LogP contribution in [0.5, 0.6) is 0 Å². The smallest absolute Gasteiger partial charge is 0.245 e. The molecule has 0 aliphatic rings. The molecule has 9 heteroatoms. The number of hydrogen-bond acceptors (Lipinski definition) is 5. The fourth-order valence-corrected chi connectivity index (χ4v) is 2.90. The number of benzene rings is 1. The number of rotatable bonds is 4.